The number of aromatic nitrogens is 4. The van der Waals surface area contributed by atoms with Crippen LogP contribution in [0.4, 0.5) is 5.95 Å². The molecule has 0 saturated heterocycles. The van der Waals surface area contributed by atoms with Crippen molar-refractivity contribution in [2.45, 2.75) is 0 Å². The molecule has 0 radical (unpaired) electrons. The molecule has 0 aliphatic rings. The highest BCUT2D eigenvalue weighted by atomic mass is 79.9. The summed E-state index contributed by atoms with van der Waals surface area (Å²) in [5, 5.41) is 13.5. The number of ether oxygens (including phenoxy) is 1. The molecule has 7 nitrogen and oxygen atoms in total. The molecule has 124 valence electrons. The number of benzene rings is 2. The number of methoxy groups -OCH3 is 1. The molecule has 0 aliphatic heterocycles. The van der Waals surface area contributed by atoms with Gasteiger partial charge in [-0.25, -0.2) is 5.43 Å². The molecule has 0 amide bonds. The van der Waals surface area contributed by atoms with Crippen LogP contribution in [0.15, 0.2) is 52.0 Å². The molecule has 2 heterocycles. The smallest absolute Gasteiger partial charge is 0.265 e. The molecule has 2 aromatic carbocycles. The standard InChI is InChI=1S/C17H13BrN6O/c1-25-14-7-6-11(18)8-10(14)9-19-23-17-21-16-15(22-24-17)12-4-2-3-5-13(12)20-16/h2-9H,1H3,(H2,20,21,23,24)/b19-9+. The van der Waals surface area contributed by atoms with Crippen LogP contribution < -0.4 is 10.2 Å². The number of halogens is 1. The van der Waals surface area contributed by atoms with E-state index in [0.29, 0.717) is 11.6 Å². The molecule has 2 N–H and O–H groups in total. The van der Waals surface area contributed by atoms with Gasteiger partial charge in [0, 0.05) is 20.9 Å². The highest BCUT2D eigenvalue weighted by Crippen LogP contribution is 2.22. The zero-order valence-corrected chi connectivity index (χ0v) is 14.8. The number of hydrogen-bond donors (Lipinski definition) is 2. The average molecular weight is 397 g/mol. The van der Waals surface area contributed by atoms with E-state index in [9.17, 15) is 0 Å². The van der Waals surface area contributed by atoms with E-state index in [0.717, 1.165) is 32.2 Å². The minimum atomic E-state index is 0.310. The normalized spacial score (nSPS) is 11.4. The Morgan fingerprint density at radius 3 is 2.96 bits per heavy atom. The van der Waals surface area contributed by atoms with E-state index < -0.39 is 0 Å². The second-order valence-corrected chi connectivity index (χ2v) is 6.18. The lowest BCUT2D eigenvalue weighted by Crippen LogP contribution is -1.99. The van der Waals surface area contributed by atoms with E-state index >= 15 is 0 Å². The Morgan fingerprint density at radius 1 is 1.20 bits per heavy atom. The maximum absolute atomic E-state index is 5.31. The predicted octanol–water partition coefficient (Wildman–Crippen LogP) is 3.72. The van der Waals surface area contributed by atoms with Gasteiger partial charge in [0.15, 0.2) is 5.65 Å². The first-order valence-electron chi connectivity index (χ1n) is 7.48. The zero-order valence-electron chi connectivity index (χ0n) is 13.2. The lowest BCUT2D eigenvalue weighted by Gasteiger charge is -2.04. The Bertz CT molecular complexity index is 1090. The Morgan fingerprint density at radius 2 is 2.08 bits per heavy atom. The largest absolute Gasteiger partial charge is 0.496 e. The molecular weight excluding hydrogens is 384 g/mol. The monoisotopic (exact) mass is 396 g/mol. The molecule has 25 heavy (non-hydrogen) atoms. The highest BCUT2D eigenvalue weighted by molar-refractivity contribution is 9.10. The van der Waals surface area contributed by atoms with Crippen LogP contribution in [-0.2, 0) is 0 Å². The van der Waals surface area contributed by atoms with Crippen LogP contribution in [0.5, 0.6) is 5.75 Å². The van der Waals surface area contributed by atoms with Gasteiger partial charge in [-0.1, -0.05) is 34.1 Å². The number of hydrazone groups is 1. The van der Waals surface area contributed by atoms with Gasteiger partial charge in [-0.2, -0.15) is 10.1 Å². The highest BCUT2D eigenvalue weighted by Gasteiger charge is 2.08. The number of aromatic amines is 1. The first-order chi connectivity index (χ1) is 12.2. The summed E-state index contributed by atoms with van der Waals surface area (Å²) in [5.74, 6) is 1.03. The van der Waals surface area contributed by atoms with E-state index in [1.807, 2.05) is 42.5 Å². The number of para-hydroxylation sites is 1. The summed E-state index contributed by atoms with van der Waals surface area (Å²) in [6.07, 6.45) is 1.64. The topological polar surface area (TPSA) is 88.1 Å². The molecule has 0 fully saturated rings. The lowest BCUT2D eigenvalue weighted by molar-refractivity contribution is 0.414. The summed E-state index contributed by atoms with van der Waals surface area (Å²) in [7, 11) is 1.62. The van der Waals surface area contributed by atoms with Crippen molar-refractivity contribution < 1.29 is 4.74 Å². The molecule has 8 heteroatoms. The third-order valence-electron chi connectivity index (χ3n) is 3.68. The molecule has 0 saturated carbocycles. The fraction of sp³-hybridized carbons (Fsp3) is 0.0588. The number of H-pyrrole nitrogens is 1. The van der Waals surface area contributed by atoms with Gasteiger partial charge in [0.2, 0.25) is 0 Å². The van der Waals surface area contributed by atoms with Gasteiger partial charge >= 0.3 is 0 Å². The van der Waals surface area contributed by atoms with Crippen molar-refractivity contribution in [1.82, 2.24) is 20.2 Å². The van der Waals surface area contributed by atoms with Crippen molar-refractivity contribution in [2.75, 3.05) is 12.5 Å². The number of fused-ring (bicyclic) bond motifs is 3. The molecule has 0 unspecified atom stereocenters. The minimum Gasteiger partial charge on any atom is -0.496 e. The maximum atomic E-state index is 5.31. The maximum Gasteiger partial charge on any atom is 0.265 e. The molecule has 0 atom stereocenters. The molecule has 0 bridgehead atoms. The molecule has 0 aliphatic carbocycles. The second-order valence-electron chi connectivity index (χ2n) is 5.26. The van der Waals surface area contributed by atoms with E-state index in [1.54, 1.807) is 13.3 Å². The number of hydrogen-bond acceptors (Lipinski definition) is 6. The Kier molecular flexibility index (Phi) is 4.02. The zero-order chi connectivity index (χ0) is 17.2. The summed E-state index contributed by atoms with van der Waals surface area (Å²) in [5.41, 5.74) is 5.98. The number of rotatable bonds is 4. The van der Waals surface area contributed by atoms with Gasteiger partial charge in [0.05, 0.1) is 13.3 Å². The van der Waals surface area contributed by atoms with Crippen LogP contribution >= 0.6 is 15.9 Å². The van der Waals surface area contributed by atoms with Gasteiger partial charge in [-0.3, -0.25) is 0 Å². The van der Waals surface area contributed by atoms with Crippen LogP contribution in [-0.4, -0.2) is 33.5 Å². The SMILES string of the molecule is COc1ccc(Br)cc1/C=N/Nc1nnc2c(n1)[nH]c1ccccc12. The van der Waals surface area contributed by atoms with Crippen molar-refractivity contribution in [3.05, 3.63) is 52.5 Å². The van der Waals surface area contributed by atoms with Gasteiger partial charge in [-0.15, -0.1) is 10.2 Å². The second kappa shape index (κ2) is 6.48. The Balaban J connectivity index is 1.61. The van der Waals surface area contributed by atoms with E-state index in [4.69, 9.17) is 4.74 Å². The summed E-state index contributed by atoms with van der Waals surface area (Å²) in [6.45, 7) is 0. The average Bonchev–Trinajstić information content (AvgIpc) is 3.00. The van der Waals surface area contributed by atoms with Crippen LogP contribution in [0.3, 0.4) is 0 Å². The molecule has 0 spiro atoms. The van der Waals surface area contributed by atoms with Crippen molar-refractivity contribution in [2.24, 2.45) is 5.10 Å². The first kappa shape index (κ1) is 15.5. The third kappa shape index (κ3) is 3.03. The predicted molar refractivity (Wildman–Crippen MR) is 101 cm³/mol. The third-order valence-corrected chi connectivity index (χ3v) is 4.18. The number of nitrogens with one attached hydrogen (secondary N) is 2. The summed E-state index contributed by atoms with van der Waals surface area (Å²) in [6, 6.07) is 13.5. The van der Waals surface area contributed by atoms with E-state index in [-0.39, 0.29) is 0 Å². The van der Waals surface area contributed by atoms with Gasteiger partial charge in [0.1, 0.15) is 11.3 Å². The van der Waals surface area contributed by atoms with Crippen molar-refractivity contribution in [1.29, 1.82) is 0 Å². The number of anilines is 1. The van der Waals surface area contributed by atoms with E-state index in [2.05, 4.69) is 46.6 Å². The van der Waals surface area contributed by atoms with Crippen LogP contribution in [0.2, 0.25) is 0 Å². The summed E-state index contributed by atoms with van der Waals surface area (Å²) in [4.78, 5) is 7.63. The molecule has 4 rings (SSSR count). The van der Waals surface area contributed by atoms with E-state index in [1.165, 1.54) is 0 Å². The quantitative estimate of drug-likeness (QED) is 0.405. The van der Waals surface area contributed by atoms with Gasteiger partial charge < -0.3 is 9.72 Å². The lowest BCUT2D eigenvalue weighted by atomic mass is 10.2. The summed E-state index contributed by atoms with van der Waals surface area (Å²) >= 11 is 3.43. The summed E-state index contributed by atoms with van der Waals surface area (Å²) < 4.78 is 6.24. The van der Waals surface area contributed by atoms with Crippen LogP contribution in [0.25, 0.3) is 22.1 Å². The fourth-order valence-corrected chi connectivity index (χ4v) is 2.91. The van der Waals surface area contributed by atoms with Gasteiger partial charge in [0.25, 0.3) is 5.95 Å². The van der Waals surface area contributed by atoms with Crippen LogP contribution in [0, 0.1) is 0 Å². The minimum absolute atomic E-state index is 0.310. The first-order valence-corrected chi connectivity index (χ1v) is 8.27. The van der Waals surface area contributed by atoms with Crippen molar-refractivity contribution in [3.8, 4) is 5.75 Å². The molecule has 2 aromatic heterocycles. The molecule has 4 aromatic rings. The van der Waals surface area contributed by atoms with Crippen molar-refractivity contribution >= 4 is 50.2 Å². The molecular formula is C17H13BrN6O. The number of nitrogens with zero attached hydrogens (tertiary/aromatic N) is 4. The van der Waals surface area contributed by atoms with Crippen LogP contribution in [0.1, 0.15) is 5.56 Å². The Hall–Kier alpha value is -3.00. The van der Waals surface area contributed by atoms with Gasteiger partial charge in [-0.05, 0) is 24.3 Å². The van der Waals surface area contributed by atoms with Crippen molar-refractivity contribution in [3.63, 3.8) is 0 Å². The Labute approximate surface area is 151 Å². The fourth-order valence-electron chi connectivity index (χ4n) is 2.53.